The van der Waals surface area contributed by atoms with Gasteiger partial charge in [0, 0.05) is 20.0 Å². The lowest BCUT2D eigenvalue weighted by Gasteiger charge is -2.31. The number of amides is 3. The maximum Gasteiger partial charge on any atom is 0.408 e. The lowest BCUT2D eigenvalue weighted by atomic mass is 10.0. The van der Waals surface area contributed by atoms with Crippen LogP contribution >= 0.6 is 0 Å². The molecule has 2 aromatic rings. The van der Waals surface area contributed by atoms with Gasteiger partial charge in [-0.25, -0.2) is 4.79 Å². The van der Waals surface area contributed by atoms with Crippen LogP contribution in [0.25, 0.3) is 0 Å². The van der Waals surface area contributed by atoms with Crippen molar-refractivity contribution < 1.29 is 33.8 Å². The van der Waals surface area contributed by atoms with Crippen LogP contribution in [0.2, 0.25) is 0 Å². The van der Waals surface area contributed by atoms with E-state index in [4.69, 9.17) is 9.47 Å². The second-order valence-corrected chi connectivity index (χ2v) is 9.68. The zero-order valence-corrected chi connectivity index (χ0v) is 22.5. The van der Waals surface area contributed by atoms with Crippen molar-refractivity contribution in [2.24, 2.45) is 0 Å². The van der Waals surface area contributed by atoms with Crippen molar-refractivity contribution >= 4 is 23.9 Å². The number of nitrogens with one attached hydrogen (secondary N) is 2. The Balaban J connectivity index is 2.32. The van der Waals surface area contributed by atoms with Crippen LogP contribution in [0.5, 0.6) is 5.75 Å². The molecule has 2 unspecified atom stereocenters. The van der Waals surface area contributed by atoms with E-state index < -0.39 is 41.6 Å². The van der Waals surface area contributed by atoms with Gasteiger partial charge >= 0.3 is 12.1 Å². The standard InChI is InChI=1S/C28H37N3O7/c1-6-37-23(33)16-17-29-25(34)24(20-12-14-21(32)15-13-20)31(5)26(35)22(18-19-10-8-7-9-11-19)30-27(36)38-28(2,3)4/h7-15,22,24,32H,6,16-18H2,1-5H3,(H,29,34)(H,30,36). The Bertz CT molecular complexity index is 1080. The lowest BCUT2D eigenvalue weighted by molar-refractivity contribution is -0.143. The number of aromatic hydroxyl groups is 1. The second kappa shape index (κ2) is 14.0. The molecule has 0 saturated heterocycles. The van der Waals surface area contributed by atoms with Gasteiger partial charge in [-0.1, -0.05) is 42.5 Å². The highest BCUT2D eigenvalue weighted by molar-refractivity contribution is 5.92. The van der Waals surface area contributed by atoms with E-state index in [2.05, 4.69) is 10.6 Å². The van der Waals surface area contributed by atoms with Crippen LogP contribution in [0.3, 0.4) is 0 Å². The third-order valence-electron chi connectivity index (χ3n) is 5.40. The monoisotopic (exact) mass is 527 g/mol. The number of hydrogen-bond acceptors (Lipinski definition) is 7. The Morgan fingerprint density at radius 3 is 2.21 bits per heavy atom. The minimum atomic E-state index is -1.11. The summed E-state index contributed by atoms with van der Waals surface area (Å²) in [6, 6.07) is 12.9. The molecular formula is C28H37N3O7. The Labute approximate surface area is 223 Å². The van der Waals surface area contributed by atoms with Crippen LogP contribution in [-0.2, 0) is 30.3 Å². The van der Waals surface area contributed by atoms with Crippen molar-refractivity contribution in [2.75, 3.05) is 20.2 Å². The molecule has 0 radical (unpaired) electrons. The van der Waals surface area contributed by atoms with Crippen molar-refractivity contribution in [1.29, 1.82) is 0 Å². The zero-order chi connectivity index (χ0) is 28.3. The van der Waals surface area contributed by atoms with Crippen LogP contribution in [0, 0.1) is 0 Å². The van der Waals surface area contributed by atoms with Crippen molar-refractivity contribution in [1.82, 2.24) is 15.5 Å². The highest BCUT2D eigenvalue weighted by Crippen LogP contribution is 2.24. The largest absolute Gasteiger partial charge is 0.508 e. The molecule has 2 atom stereocenters. The van der Waals surface area contributed by atoms with Gasteiger partial charge < -0.3 is 30.1 Å². The third-order valence-corrected chi connectivity index (χ3v) is 5.40. The highest BCUT2D eigenvalue weighted by atomic mass is 16.6. The van der Waals surface area contributed by atoms with Crippen LogP contribution < -0.4 is 10.6 Å². The highest BCUT2D eigenvalue weighted by Gasteiger charge is 2.34. The Morgan fingerprint density at radius 2 is 1.63 bits per heavy atom. The number of nitrogens with zero attached hydrogens (tertiary/aromatic N) is 1. The smallest absolute Gasteiger partial charge is 0.408 e. The topological polar surface area (TPSA) is 134 Å². The van der Waals surface area contributed by atoms with Crippen molar-refractivity contribution in [2.45, 2.75) is 58.2 Å². The number of rotatable bonds is 11. The predicted molar refractivity (Wildman–Crippen MR) is 141 cm³/mol. The van der Waals surface area contributed by atoms with Crippen LogP contribution in [-0.4, -0.2) is 65.7 Å². The number of ether oxygens (including phenoxy) is 2. The normalized spacial score (nSPS) is 12.6. The molecule has 0 heterocycles. The average molecular weight is 528 g/mol. The minimum Gasteiger partial charge on any atom is -0.508 e. The molecule has 0 aliphatic heterocycles. The average Bonchev–Trinajstić information content (AvgIpc) is 2.84. The second-order valence-electron chi connectivity index (χ2n) is 9.68. The Kier molecular flexibility index (Phi) is 11.1. The van der Waals surface area contributed by atoms with Gasteiger partial charge in [0.05, 0.1) is 13.0 Å². The molecule has 2 rings (SSSR count). The molecule has 3 N–H and O–H groups in total. The molecule has 2 aromatic carbocycles. The fourth-order valence-electron chi connectivity index (χ4n) is 3.70. The van der Waals surface area contributed by atoms with Gasteiger partial charge in [0.15, 0.2) is 0 Å². The molecule has 0 aliphatic carbocycles. The summed E-state index contributed by atoms with van der Waals surface area (Å²) in [5.74, 6) is -1.52. The summed E-state index contributed by atoms with van der Waals surface area (Å²) < 4.78 is 10.3. The maximum atomic E-state index is 13.8. The Morgan fingerprint density at radius 1 is 1.00 bits per heavy atom. The van der Waals surface area contributed by atoms with Gasteiger partial charge in [0.2, 0.25) is 11.8 Å². The first-order chi connectivity index (χ1) is 17.9. The number of carbonyl (C=O) groups is 4. The van der Waals surface area contributed by atoms with E-state index in [1.54, 1.807) is 27.7 Å². The number of likely N-dealkylation sites (N-methyl/N-ethyl adjacent to an activating group) is 1. The van der Waals surface area contributed by atoms with Gasteiger partial charge in [-0.2, -0.15) is 0 Å². The lowest BCUT2D eigenvalue weighted by Crippen LogP contribution is -2.52. The number of alkyl carbamates (subject to hydrolysis) is 1. The summed E-state index contributed by atoms with van der Waals surface area (Å²) in [4.78, 5) is 52.6. The van der Waals surface area contributed by atoms with Crippen LogP contribution in [0.1, 0.15) is 51.3 Å². The summed E-state index contributed by atoms with van der Waals surface area (Å²) in [6.45, 7) is 7.08. The predicted octanol–water partition coefficient (Wildman–Crippen LogP) is 3.10. The van der Waals surface area contributed by atoms with Crippen molar-refractivity contribution in [3.05, 3.63) is 65.7 Å². The molecule has 0 fully saturated rings. The number of phenols is 1. The molecule has 0 saturated carbocycles. The quantitative estimate of drug-likeness (QED) is 0.382. The van der Waals surface area contributed by atoms with Gasteiger partial charge in [-0.05, 0) is 51.0 Å². The molecule has 0 aromatic heterocycles. The summed E-state index contributed by atoms with van der Waals surface area (Å²) >= 11 is 0. The van der Waals surface area contributed by atoms with Gasteiger partial charge in [0.1, 0.15) is 23.4 Å². The van der Waals surface area contributed by atoms with Gasteiger partial charge in [-0.3, -0.25) is 14.4 Å². The molecule has 206 valence electrons. The van der Waals surface area contributed by atoms with Crippen LogP contribution in [0.15, 0.2) is 54.6 Å². The summed E-state index contributed by atoms with van der Waals surface area (Å²) in [7, 11) is 1.46. The Hall–Kier alpha value is -4.08. The molecule has 38 heavy (non-hydrogen) atoms. The van der Waals surface area contributed by atoms with Gasteiger partial charge in [0.25, 0.3) is 0 Å². The first-order valence-electron chi connectivity index (χ1n) is 12.4. The third kappa shape index (κ3) is 9.76. The van der Waals surface area contributed by atoms with Crippen molar-refractivity contribution in [3.63, 3.8) is 0 Å². The molecule has 10 nitrogen and oxygen atoms in total. The van der Waals surface area contributed by atoms with Crippen LogP contribution in [0.4, 0.5) is 4.79 Å². The summed E-state index contributed by atoms with van der Waals surface area (Å²) in [5.41, 5.74) is 0.461. The molecular weight excluding hydrogens is 490 g/mol. The SMILES string of the molecule is CCOC(=O)CCNC(=O)C(c1ccc(O)cc1)N(C)C(=O)C(Cc1ccccc1)NC(=O)OC(C)(C)C. The summed E-state index contributed by atoms with van der Waals surface area (Å²) in [5, 5.41) is 15.0. The first kappa shape index (κ1) is 30.1. The van der Waals surface area contributed by atoms with E-state index in [-0.39, 0.29) is 31.7 Å². The molecule has 3 amide bonds. The van der Waals surface area contributed by atoms with E-state index in [0.29, 0.717) is 5.56 Å². The van der Waals surface area contributed by atoms with E-state index in [1.807, 2.05) is 30.3 Å². The molecule has 0 aliphatic rings. The number of phenolic OH excluding ortho intramolecular Hbond substituents is 1. The molecule has 0 bridgehead atoms. The summed E-state index contributed by atoms with van der Waals surface area (Å²) in [6.07, 6.45) is -0.632. The molecule has 10 heteroatoms. The van der Waals surface area contributed by atoms with E-state index in [9.17, 15) is 24.3 Å². The van der Waals surface area contributed by atoms with E-state index in [0.717, 1.165) is 5.56 Å². The fourth-order valence-corrected chi connectivity index (χ4v) is 3.70. The number of carbonyl (C=O) groups excluding carboxylic acids is 4. The van der Waals surface area contributed by atoms with E-state index >= 15 is 0 Å². The maximum absolute atomic E-state index is 13.8. The number of hydrogen-bond donors (Lipinski definition) is 3. The van der Waals surface area contributed by atoms with Gasteiger partial charge in [-0.15, -0.1) is 0 Å². The first-order valence-corrected chi connectivity index (χ1v) is 12.4. The minimum absolute atomic E-state index is 0.00209. The molecule has 0 spiro atoms. The van der Waals surface area contributed by atoms with Crippen molar-refractivity contribution in [3.8, 4) is 5.75 Å². The fraction of sp³-hybridized carbons (Fsp3) is 0.429. The number of esters is 1. The zero-order valence-electron chi connectivity index (χ0n) is 22.5. The van der Waals surface area contributed by atoms with E-state index in [1.165, 1.54) is 36.2 Å². The number of benzene rings is 2.